The zero-order valence-corrected chi connectivity index (χ0v) is 28.9. The molecule has 3 atom stereocenters. The van der Waals surface area contributed by atoms with E-state index >= 15 is 4.39 Å². The first-order chi connectivity index (χ1) is 23.6. The number of alkyl halides is 3. The quantitative estimate of drug-likeness (QED) is 0.294. The number of benzene rings is 1. The Bertz CT molecular complexity index is 1660. The number of aryl methyl sites for hydroxylation is 1. The smallest absolute Gasteiger partial charge is 0.379 e. The van der Waals surface area contributed by atoms with Crippen molar-refractivity contribution in [3.8, 4) is 6.07 Å². The fourth-order valence-corrected chi connectivity index (χ4v) is 6.16. The number of para-hydroxylation sites is 1. The molecule has 2 aromatic rings. The van der Waals surface area contributed by atoms with E-state index in [4.69, 9.17) is 4.74 Å². The maximum absolute atomic E-state index is 15.5. The third-order valence-electron chi connectivity index (χ3n) is 8.85. The molecule has 2 aliphatic heterocycles. The minimum atomic E-state index is -4.83. The van der Waals surface area contributed by atoms with Crippen molar-refractivity contribution in [2.24, 2.45) is 5.92 Å². The molecule has 12 nitrogen and oxygen atoms in total. The van der Waals surface area contributed by atoms with E-state index in [0.29, 0.717) is 6.54 Å². The van der Waals surface area contributed by atoms with Crippen LogP contribution in [0.4, 0.5) is 34.8 Å². The first-order valence-electron chi connectivity index (χ1n) is 16.0. The molecule has 3 amide bonds. The molecule has 0 saturated carbocycles. The normalized spacial score (nSPS) is 19.8. The van der Waals surface area contributed by atoms with Crippen LogP contribution in [-0.2, 0) is 25.3 Å². The molecule has 1 aromatic heterocycles. The van der Waals surface area contributed by atoms with E-state index in [1.54, 1.807) is 35.1 Å². The van der Waals surface area contributed by atoms with Gasteiger partial charge in [0.25, 0.3) is 0 Å². The highest BCUT2D eigenvalue weighted by Crippen LogP contribution is 2.37. The third-order valence-corrected chi connectivity index (χ3v) is 8.85. The molecule has 0 radical (unpaired) electrons. The number of methoxy groups -OCH3 is 1. The fraction of sp³-hybridized carbons (Fsp3) is 0.500. The number of fused-ring (bicyclic) bond motifs is 1. The zero-order chi connectivity index (χ0) is 36.9. The van der Waals surface area contributed by atoms with Gasteiger partial charge in [-0.3, -0.25) is 14.4 Å². The number of aromatic nitrogens is 1. The molecule has 4 rings (SSSR count). The lowest BCUT2D eigenvalue weighted by Gasteiger charge is -2.37. The van der Waals surface area contributed by atoms with Gasteiger partial charge >= 0.3 is 6.18 Å². The fourth-order valence-electron chi connectivity index (χ4n) is 6.16. The first kappa shape index (κ1) is 38.1. The van der Waals surface area contributed by atoms with Gasteiger partial charge in [-0.2, -0.15) is 18.4 Å². The van der Waals surface area contributed by atoms with Crippen LogP contribution in [0.25, 0.3) is 0 Å². The number of amides is 3. The molecule has 1 N–H and O–H groups in total. The Hall–Kier alpha value is -4.75. The second-order valence-corrected chi connectivity index (χ2v) is 12.7. The molecule has 0 bridgehead atoms. The molecule has 1 fully saturated rings. The Morgan fingerprint density at radius 3 is 2.58 bits per heavy atom. The van der Waals surface area contributed by atoms with E-state index in [9.17, 15) is 32.8 Å². The predicted molar refractivity (Wildman–Crippen MR) is 179 cm³/mol. The maximum Gasteiger partial charge on any atom is 0.417 e. The van der Waals surface area contributed by atoms with Crippen LogP contribution in [0.1, 0.15) is 23.2 Å². The first-order valence-corrected chi connectivity index (χ1v) is 16.0. The second-order valence-electron chi connectivity index (χ2n) is 12.7. The van der Waals surface area contributed by atoms with E-state index in [0.717, 1.165) is 6.07 Å². The Balaban J connectivity index is 1.54. The number of ether oxygens (including phenoxy) is 1. The molecule has 1 aromatic carbocycles. The summed E-state index contributed by atoms with van der Waals surface area (Å²) in [6.45, 7) is 2.70. The Labute approximate surface area is 288 Å². The van der Waals surface area contributed by atoms with Crippen molar-refractivity contribution >= 4 is 34.9 Å². The molecule has 50 heavy (non-hydrogen) atoms. The number of nitriles is 1. The van der Waals surface area contributed by atoms with Crippen molar-refractivity contribution in [1.29, 1.82) is 5.26 Å². The summed E-state index contributed by atoms with van der Waals surface area (Å²) in [7, 11) is 8.28. The lowest BCUT2D eigenvalue weighted by atomic mass is 10.0. The van der Waals surface area contributed by atoms with Crippen LogP contribution in [0, 0.1) is 30.0 Å². The van der Waals surface area contributed by atoms with Gasteiger partial charge in [0.15, 0.2) is 0 Å². The third kappa shape index (κ3) is 8.51. The zero-order valence-electron chi connectivity index (χ0n) is 28.9. The minimum Gasteiger partial charge on any atom is -0.379 e. The number of anilines is 3. The molecular formula is C34H42F4N8O4. The number of likely N-dealkylation sites (N-methyl/N-ethyl adjacent to an activating group) is 3. The topological polar surface area (TPSA) is 125 Å². The number of pyridine rings is 1. The predicted octanol–water partition coefficient (Wildman–Crippen LogP) is 3.12. The van der Waals surface area contributed by atoms with Gasteiger partial charge in [-0.25, -0.2) is 9.37 Å². The Kier molecular flexibility index (Phi) is 12.1. The minimum absolute atomic E-state index is 0.00141. The molecular weight excluding hydrogens is 660 g/mol. The standard InChI is InChI=1S/C34H42F4N8O4/c1-21-17-24(34(36,37)38)22(18-39)31(40-21)41-26-12-14-45(30-25(35)9-7-10-27(30)44(5)33(26)49)16-15-43(4)32(48)23-19-46(20-28(23)50-6)29(47)11-8-13-42(2)3/h7-11,17,23,26,28H,12-16,19-20H2,1-6H3,(H,40,41)/b11-8+/t23-,26-,28-/m0/s1. The van der Waals surface area contributed by atoms with Crippen molar-refractivity contribution in [3.05, 3.63) is 59.1 Å². The average Bonchev–Trinajstić information content (AvgIpc) is 3.50. The van der Waals surface area contributed by atoms with Crippen LogP contribution in [0.5, 0.6) is 0 Å². The van der Waals surface area contributed by atoms with Crippen LogP contribution >= 0.6 is 0 Å². The number of likely N-dealkylation sites (tertiary alicyclic amines) is 1. The monoisotopic (exact) mass is 702 g/mol. The molecule has 2 aliphatic rings. The number of carbonyl (C=O) groups is 3. The number of hydrogen-bond donors (Lipinski definition) is 1. The second kappa shape index (κ2) is 15.9. The van der Waals surface area contributed by atoms with Crippen molar-refractivity contribution in [3.63, 3.8) is 0 Å². The average molecular weight is 703 g/mol. The van der Waals surface area contributed by atoms with Gasteiger partial charge in [-0.15, -0.1) is 0 Å². The van der Waals surface area contributed by atoms with Crippen LogP contribution in [0.2, 0.25) is 0 Å². The van der Waals surface area contributed by atoms with Crippen molar-refractivity contribution in [2.45, 2.75) is 31.7 Å². The molecule has 3 heterocycles. The summed E-state index contributed by atoms with van der Waals surface area (Å²) in [5.41, 5.74) is -1.57. The lowest BCUT2D eigenvalue weighted by molar-refractivity contribution is -0.138. The van der Waals surface area contributed by atoms with Crippen molar-refractivity contribution in [2.75, 3.05) is 89.7 Å². The van der Waals surface area contributed by atoms with Gasteiger partial charge in [-0.05, 0) is 45.6 Å². The number of hydrogen-bond acceptors (Lipinski definition) is 9. The van der Waals surface area contributed by atoms with E-state index in [1.165, 1.54) is 49.1 Å². The summed E-state index contributed by atoms with van der Waals surface area (Å²) in [6.07, 6.45) is -2.12. The van der Waals surface area contributed by atoms with Gasteiger partial charge in [0.05, 0.1) is 29.0 Å². The van der Waals surface area contributed by atoms with Crippen molar-refractivity contribution in [1.82, 2.24) is 19.7 Å². The van der Waals surface area contributed by atoms with Gasteiger partial charge in [-0.1, -0.05) is 12.1 Å². The van der Waals surface area contributed by atoms with Gasteiger partial charge in [0.2, 0.25) is 17.7 Å². The maximum atomic E-state index is 15.5. The van der Waals surface area contributed by atoms with Gasteiger partial charge in [0, 0.05) is 72.2 Å². The number of rotatable bonds is 10. The van der Waals surface area contributed by atoms with Crippen LogP contribution in [-0.4, -0.2) is 124 Å². The van der Waals surface area contributed by atoms with E-state index in [2.05, 4.69) is 10.3 Å². The number of halogens is 4. The summed E-state index contributed by atoms with van der Waals surface area (Å²) in [5, 5.41) is 12.4. The largest absolute Gasteiger partial charge is 0.417 e. The molecule has 0 aliphatic carbocycles. The summed E-state index contributed by atoms with van der Waals surface area (Å²) in [5.74, 6) is -2.65. The Morgan fingerprint density at radius 1 is 1.22 bits per heavy atom. The van der Waals surface area contributed by atoms with E-state index < -0.39 is 47.1 Å². The van der Waals surface area contributed by atoms with Crippen LogP contribution < -0.4 is 15.1 Å². The highest BCUT2D eigenvalue weighted by molar-refractivity contribution is 6.01. The van der Waals surface area contributed by atoms with E-state index in [-0.39, 0.29) is 73.8 Å². The Morgan fingerprint density at radius 2 is 1.94 bits per heavy atom. The summed E-state index contributed by atoms with van der Waals surface area (Å²) < 4.78 is 62.4. The molecule has 1 saturated heterocycles. The summed E-state index contributed by atoms with van der Waals surface area (Å²) >= 11 is 0. The highest BCUT2D eigenvalue weighted by atomic mass is 19.4. The van der Waals surface area contributed by atoms with Gasteiger partial charge in [0.1, 0.15) is 29.3 Å². The van der Waals surface area contributed by atoms with E-state index in [1.807, 2.05) is 19.0 Å². The molecule has 270 valence electrons. The van der Waals surface area contributed by atoms with Gasteiger partial charge < -0.3 is 34.6 Å². The number of nitrogens with zero attached hydrogens (tertiary/aromatic N) is 7. The lowest BCUT2D eigenvalue weighted by Crippen LogP contribution is -2.48. The molecule has 16 heteroatoms. The van der Waals surface area contributed by atoms with Crippen LogP contribution in [0.15, 0.2) is 36.4 Å². The SMILES string of the molecule is CO[C@H]1CN(C(=O)/C=C/CN(C)C)C[C@@H]1C(=O)N(C)CCN1CC[C@H](Nc2nc(C)cc(C(F)(F)F)c2C#N)C(=O)N(C)c2cccc(F)c21. The van der Waals surface area contributed by atoms with Crippen LogP contribution in [0.3, 0.4) is 0 Å². The summed E-state index contributed by atoms with van der Waals surface area (Å²) in [4.78, 5) is 52.0. The summed E-state index contributed by atoms with van der Waals surface area (Å²) in [6, 6.07) is 5.45. The van der Waals surface area contributed by atoms with Crippen molar-refractivity contribution < 1.29 is 36.7 Å². The molecule has 0 spiro atoms. The highest BCUT2D eigenvalue weighted by Gasteiger charge is 2.41. The number of nitrogens with one attached hydrogen (secondary N) is 1. The number of carbonyl (C=O) groups excluding carboxylic acids is 3. The molecule has 0 unspecified atom stereocenters.